The van der Waals surface area contributed by atoms with Crippen LogP contribution in [0.1, 0.15) is 31.0 Å². The van der Waals surface area contributed by atoms with E-state index in [9.17, 15) is 0 Å². The van der Waals surface area contributed by atoms with Crippen LogP contribution in [0.5, 0.6) is 0 Å². The number of hydrogen-bond acceptors (Lipinski definition) is 5. The average Bonchev–Trinajstić information content (AvgIpc) is 2.77. The van der Waals surface area contributed by atoms with Gasteiger partial charge in [-0.2, -0.15) is 0 Å². The molecule has 2 fully saturated rings. The van der Waals surface area contributed by atoms with Gasteiger partial charge in [-0.05, 0) is 19.3 Å². The van der Waals surface area contributed by atoms with Gasteiger partial charge in [0.05, 0.1) is 6.54 Å². The number of hydrogen-bond donors (Lipinski definition) is 1. The van der Waals surface area contributed by atoms with E-state index in [1.807, 2.05) is 6.92 Å². The summed E-state index contributed by atoms with van der Waals surface area (Å²) in [6.07, 6.45) is 3.89. The Hall–Kier alpha value is -0.940. The van der Waals surface area contributed by atoms with E-state index in [0.29, 0.717) is 11.9 Å². The average molecular weight is 222 g/mol. The lowest BCUT2D eigenvalue weighted by Crippen LogP contribution is -2.35. The van der Waals surface area contributed by atoms with Gasteiger partial charge >= 0.3 is 0 Å². The minimum atomic E-state index is 0.657. The fraction of sp³-hybridized carbons (Fsp3) is 0.818. The van der Waals surface area contributed by atoms with Crippen LogP contribution in [0.3, 0.4) is 0 Å². The summed E-state index contributed by atoms with van der Waals surface area (Å²) in [4.78, 5) is 2.42. The van der Waals surface area contributed by atoms with Crippen molar-refractivity contribution in [3.8, 4) is 0 Å². The maximum Gasteiger partial charge on any atom is 0.230 e. The zero-order chi connectivity index (χ0) is 11.0. The Labute approximate surface area is 95.2 Å². The second-order valence-corrected chi connectivity index (χ2v) is 4.88. The minimum absolute atomic E-state index is 0.657. The largest absolute Gasteiger partial charge is 0.424 e. The van der Waals surface area contributed by atoms with Crippen LogP contribution in [0.4, 0.5) is 0 Å². The van der Waals surface area contributed by atoms with Crippen molar-refractivity contribution < 1.29 is 4.42 Å². The fourth-order valence-electron chi connectivity index (χ4n) is 2.75. The van der Waals surface area contributed by atoms with E-state index in [1.165, 1.54) is 19.3 Å². The van der Waals surface area contributed by atoms with E-state index >= 15 is 0 Å². The van der Waals surface area contributed by atoms with E-state index in [2.05, 4.69) is 20.4 Å². The fourth-order valence-corrected chi connectivity index (χ4v) is 2.75. The summed E-state index contributed by atoms with van der Waals surface area (Å²) in [5, 5.41) is 11.6. The van der Waals surface area contributed by atoms with Crippen molar-refractivity contribution in [1.82, 2.24) is 20.4 Å². The molecule has 1 aromatic heterocycles. The molecule has 88 valence electrons. The summed E-state index contributed by atoms with van der Waals surface area (Å²) >= 11 is 0. The predicted octanol–water partition coefficient (Wildman–Crippen LogP) is 0.704. The quantitative estimate of drug-likeness (QED) is 0.798. The Morgan fingerprint density at radius 3 is 3.00 bits per heavy atom. The van der Waals surface area contributed by atoms with Crippen LogP contribution >= 0.6 is 0 Å². The number of aromatic nitrogens is 2. The first-order valence-electron chi connectivity index (χ1n) is 6.07. The molecule has 1 N–H and O–H groups in total. The molecule has 2 bridgehead atoms. The summed E-state index contributed by atoms with van der Waals surface area (Å²) in [7, 11) is 0. The Morgan fingerprint density at radius 1 is 1.31 bits per heavy atom. The topological polar surface area (TPSA) is 54.2 Å². The van der Waals surface area contributed by atoms with Crippen LogP contribution in [0, 0.1) is 6.92 Å². The van der Waals surface area contributed by atoms with Gasteiger partial charge in [0.2, 0.25) is 11.8 Å². The smallest absolute Gasteiger partial charge is 0.230 e. The van der Waals surface area contributed by atoms with Crippen molar-refractivity contribution in [1.29, 1.82) is 0 Å². The highest BCUT2D eigenvalue weighted by molar-refractivity contribution is 4.91. The SMILES string of the molecule is Cc1nnc(CN2CCC3CCC(C2)N3)o1. The van der Waals surface area contributed by atoms with E-state index < -0.39 is 0 Å². The highest BCUT2D eigenvalue weighted by Gasteiger charge is 2.29. The van der Waals surface area contributed by atoms with Gasteiger partial charge in [-0.3, -0.25) is 4.90 Å². The molecule has 2 atom stereocenters. The molecule has 0 saturated carbocycles. The molecule has 0 aromatic carbocycles. The van der Waals surface area contributed by atoms with Gasteiger partial charge in [-0.1, -0.05) is 0 Å². The van der Waals surface area contributed by atoms with Crippen LogP contribution in [0.15, 0.2) is 4.42 Å². The summed E-state index contributed by atoms with van der Waals surface area (Å²) < 4.78 is 5.42. The Kier molecular flexibility index (Phi) is 2.65. The molecule has 16 heavy (non-hydrogen) atoms. The minimum Gasteiger partial charge on any atom is -0.424 e. The Balaban J connectivity index is 1.63. The molecular weight excluding hydrogens is 204 g/mol. The molecule has 5 nitrogen and oxygen atoms in total. The monoisotopic (exact) mass is 222 g/mol. The lowest BCUT2D eigenvalue weighted by Gasteiger charge is -2.21. The molecule has 1 aromatic rings. The van der Waals surface area contributed by atoms with E-state index in [1.54, 1.807) is 0 Å². The summed E-state index contributed by atoms with van der Waals surface area (Å²) in [5.74, 6) is 1.40. The first kappa shape index (κ1) is 10.2. The summed E-state index contributed by atoms with van der Waals surface area (Å²) in [6, 6.07) is 1.40. The standard InChI is InChI=1S/C11H18N4O/c1-8-13-14-11(16-8)7-15-5-4-9-2-3-10(6-15)12-9/h9-10,12H,2-7H2,1H3. The van der Waals surface area contributed by atoms with Gasteiger partial charge in [0.15, 0.2) is 0 Å². The number of nitrogens with one attached hydrogen (secondary N) is 1. The number of rotatable bonds is 2. The lowest BCUT2D eigenvalue weighted by molar-refractivity contribution is 0.226. The van der Waals surface area contributed by atoms with E-state index in [4.69, 9.17) is 4.42 Å². The first-order chi connectivity index (χ1) is 7.79. The van der Waals surface area contributed by atoms with Crippen molar-refractivity contribution in [2.75, 3.05) is 13.1 Å². The molecule has 0 amide bonds. The Morgan fingerprint density at radius 2 is 2.19 bits per heavy atom. The normalized spacial score (nSPS) is 30.6. The van der Waals surface area contributed by atoms with E-state index in [-0.39, 0.29) is 0 Å². The highest BCUT2D eigenvalue weighted by atomic mass is 16.4. The maximum absolute atomic E-state index is 5.42. The molecular formula is C11H18N4O. The summed E-state index contributed by atoms with van der Waals surface area (Å²) in [6.45, 7) is 4.88. The molecule has 2 unspecified atom stereocenters. The number of likely N-dealkylation sites (tertiary alicyclic amines) is 1. The molecule has 2 saturated heterocycles. The predicted molar refractivity (Wildman–Crippen MR) is 58.9 cm³/mol. The molecule has 3 rings (SSSR count). The molecule has 0 radical (unpaired) electrons. The van der Waals surface area contributed by atoms with Gasteiger partial charge in [-0.15, -0.1) is 10.2 Å². The number of nitrogens with zero attached hydrogens (tertiary/aromatic N) is 3. The van der Waals surface area contributed by atoms with Gasteiger partial charge in [0.1, 0.15) is 0 Å². The van der Waals surface area contributed by atoms with Crippen LogP contribution in [-0.2, 0) is 6.54 Å². The first-order valence-corrected chi connectivity index (χ1v) is 6.07. The van der Waals surface area contributed by atoms with Crippen LogP contribution < -0.4 is 5.32 Å². The molecule has 5 heteroatoms. The highest BCUT2D eigenvalue weighted by Crippen LogP contribution is 2.21. The molecule has 0 aliphatic carbocycles. The van der Waals surface area contributed by atoms with Crippen molar-refractivity contribution in [3.63, 3.8) is 0 Å². The van der Waals surface area contributed by atoms with Gasteiger partial charge in [0.25, 0.3) is 0 Å². The zero-order valence-electron chi connectivity index (χ0n) is 9.65. The third kappa shape index (κ3) is 2.10. The van der Waals surface area contributed by atoms with Crippen molar-refractivity contribution >= 4 is 0 Å². The maximum atomic E-state index is 5.42. The second-order valence-electron chi connectivity index (χ2n) is 4.88. The van der Waals surface area contributed by atoms with Crippen molar-refractivity contribution in [2.24, 2.45) is 0 Å². The number of fused-ring (bicyclic) bond motifs is 2. The summed E-state index contributed by atoms with van der Waals surface area (Å²) in [5.41, 5.74) is 0. The van der Waals surface area contributed by atoms with E-state index in [0.717, 1.165) is 31.6 Å². The number of aryl methyl sites for hydroxylation is 1. The molecule has 0 spiro atoms. The van der Waals surface area contributed by atoms with Crippen molar-refractivity contribution in [2.45, 2.75) is 44.8 Å². The van der Waals surface area contributed by atoms with Crippen molar-refractivity contribution in [3.05, 3.63) is 11.8 Å². The second kappa shape index (κ2) is 4.14. The Bertz CT molecular complexity index is 365. The molecule has 2 aliphatic heterocycles. The lowest BCUT2D eigenvalue weighted by atomic mass is 10.1. The van der Waals surface area contributed by atoms with Crippen LogP contribution in [0.25, 0.3) is 0 Å². The molecule has 3 heterocycles. The molecule has 2 aliphatic rings. The third-order valence-corrected chi connectivity index (χ3v) is 3.53. The van der Waals surface area contributed by atoms with Crippen LogP contribution in [0.2, 0.25) is 0 Å². The van der Waals surface area contributed by atoms with Crippen LogP contribution in [-0.4, -0.2) is 40.3 Å². The zero-order valence-corrected chi connectivity index (χ0v) is 9.65. The third-order valence-electron chi connectivity index (χ3n) is 3.53. The van der Waals surface area contributed by atoms with Gasteiger partial charge in [-0.25, -0.2) is 0 Å². The van der Waals surface area contributed by atoms with Gasteiger partial charge in [0, 0.05) is 32.1 Å². The van der Waals surface area contributed by atoms with Gasteiger partial charge < -0.3 is 9.73 Å².